The van der Waals surface area contributed by atoms with Gasteiger partial charge in [0.25, 0.3) is 11.8 Å². The van der Waals surface area contributed by atoms with E-state index >= 15 is 0 Å². The molecular formula is C17H13BrN2O3S. The number of thiophene rings is 1. The highest BCUT2D eigenvalue weighted by molar-refractivity contribution is 9.11. The number of aromatic nitrogens is 2. The second kappa shape index (κ2) is 7.55. The van der Waals surface area contributed by atoms with E-state index in [9.17, 15) is 4.79 Å². The van der Waals surface area contributed by atoms with E-state index in [4.69, 9.17) is 9.15 Å². The number of ether oxygens (including phenoxy) is 1. The van der Waals surface area contributed by atoms with Crippen LogP contribution >= 0.6 is 27.3 Å². The van der Waals surface area contributed by atoms with Gasteiger partial charge in [-0.2, -0.15) is 0 Å². The van der Waals surface area contributed by atoms with Gasteiger partial charge in [-0.1, -0.05) is 24.3 Å². The number of hydrogen-bond acceptors (Lipinski definition) is 6. The lowest BCUT2D eigenvalue weighted by molar-refractivity contribution is -0.139. The highest BCUT2D eigenvalue weighted by Gasteiger charge is 2.11. The number of halogens is 1. The Kier molecular flexibility index (Phi) is 5.22. The number of esters is 1. The standard InChI is InChI=1S/C17H13BrN2O3S/c1-11-4-2-3-5-12(11)6-9-16(21)22-10-15-19-20-17(23-15)13-7-8-14(18)24-13/h2-9H,10H2,1H3/b9-6+. The van der Waals surface area contributed by atoms with Gasteiger partial charge >= 0.3 is 5.97 Å². The predicted octanol–water partition coefficient (Wildman–Crippen LogP) is 4.63. The molecule has 0 unspecified atom stereocenters. The fourth-order valence-corrected chi connectivity index (χ4v) is 3.26. The van der Waals surface area contributed by atoms with Crippen LogP contribution < -0.4 is 0 Å². The van der Waals surface area contributed by atoms with Crippen molar-refractivity contribution in [1.82, 2.24) is 10.2 Å². The van der Waals surface area contributed by atoms with Crippen LogP contribution in [-0.2, 0) is 16.1 Å². The maximum absolute atomic E-state index is 11.8. The minimum Gasteiger partial charge on any atom is -0.452 e. The first-order valence-corrected chi connectivity index (χ1v) is 8.71. The maximum Gasteiger partial charge on any atom is 0.331 e. The van der Waals surface area contributed by atoms with E-state index in [1.54, 1.807) is 6.08 Å². The Labute approximate surface area is 151 Å². The van der Waals surface area contributed by atoms with Crippen molar-refractivity contribution in [1.29, 1.82) is 0 Å². The first-order valence-electron chi connectivity index (χ1n) is 7.10. The molecule has 3 aromatic rings. The van der Waals surface area contributed by atoms with Gasteiger partial charge in [-0.25, -0.2) is 4.79 Å². The molecule has 0 aliphatic rings. The molecule has 122 valence electrons. The highest BCUT2D eigenvalue weighted by atomic mass is 79.9. The van der Waals surface area contributed by atoms with Crippen molar-refractivity contribution in [2.45, 2.75) is 13.5 Å². The van der Waals surface area contributed by atoms with Gasteiger partial charge in [0.05, 0.1) is 8.66 Å². The molecule has 0 fully saturated rings. The molecule has 24 heavy (non-hydrogen) atoms. The van der Waals surface area contributed by atoms with Crippen LogP contribution in [0, 0.1) is 6.92 Å². The number of benzene rings is 1. The molecule has 0 aliphatic carbocycles. The average Bonchev–Trinajstić information content (AvgIpc) is 3.21. The fourth-order valence-electron chi connectivity index (χ4n) is 1.95. The largest absolute Gasteiger partial charge is 0.452 e. The van der Waals surface area contributed by atoms with Gasteiger partial charge in [0, 0.05) is 6.08 Å². The lowest BCUT2D eigenvalue weighted by Crippen LogP contribution is -2.01. The Morgan fingerprint density at radius 1 is 1.29 bits per heavy atom. The highest BCUT2D eigenvalue weighted by Crippen LogP contribution is 2.30. The smallest absolute Gasteiger partial charge is 0.331 e. The van der Waals surface area contributed by atoms with Crippen molar-refractivity contribution in [2.24, 2.45) is 0 Å². The Morgan fingerprint density at radius 2 is 2.12 bits per heavy atom. The predicted molar refractivity (Wildman–Crippen MR) is 95.3 cm³/mol. The van der Waals surface area contributed by atoms with Crippen molar-refractivity contribution in [2.75, 3.05) is 0 Å². The van der Waals surface area contributed by atoms with Crippen LogP contribution in [0.4, 0.5) is 0 Å². The Balaban J connectivity index is 1.57. The summed E-state index contributed by atoms with van der Waals surface area (Å²) in [6.45, 7) is 1.92. The van der Waals surface area contributed by atoms with E-state index in [0.29, 0.717) is 5.89 Å². The van der Waals surface area contributed by atoms with Gasteiger partial charge in [0.1, 0.15) is 0 Å². The van der Waals surface area contributed by atoms with E-state index in [2.05, 4.69) is 26.1 Å². The molecule has 0 saturated carbocycles. The van der Waals surface area contributed by atoms with Gasteiger partial charge in [-0.3, -0.25) is 0 Å². The summed E-state index contributed by atoms with van der Waals surface area (Å²) < 4.78 is 11.6. The van der Waals surface area contributed by atoms with E-state index in [0.717, 1.165) is 19.8 Å². The summed E-state index contributed by atoms with van der Waals surface area (Å²) in [5, 5.41) is 7.83. The molecule has 2 heterocycles. The zero-order valence-corrected chi connectivity index (χ0v) is 15.1. The number of nitrogens with zero attached hydrogens (tertiary/aromatic N) is 2. The van der Waals surface area contributed by atoms with Gasteiger partial charge in [-0.15, -0.1) is 21.5 Å². The molecule has 3 rings (SSSR count). The summed E-state index contributed by atoms with van der Waals surface area (Å²) in [7, 11) is 0. The summed E-state index contributed by atoms with van der Waals surface area (Å²) in [5.41, 5.74) is 2.06. The molecule has 0 atom stereocenters. The van der Waals surface area contributed by atoms with Crippen molar-refractivity contribution in [3.63, 3.8) is 0 Å². The molecule has 0 saturated heterocycles. The molecule has 2 aromatic heterocycles. The minimum atomic E-state index is -0.461. The van der Waals surface area contributed by atoms with E-state index < -0.39 is 5.97 Å². The SMILES string of the molecule is Cc1ccccc1/C=C/C(=O)OCc1nnc(-c2ccc(Br)s2)o1. The molecular weight excluding hydrogens is 392 g/mol. The maximum atomic E-state index is 11.8. The number of aryl methyl sites for hydroxylation is 1. The first-order chi connectivity index (χ1) is 11.6. The minimum absolute atomic E-state index is 0.0590. The molecule has 0 bridgehead atoms. The molecule has 0 amide bonds. The van der Waals surface area contributed by atoms with Crippen molar-refractivity contribution in [3.8, 4) is 10.8 Å². The summed E-state index contributed by atoms with van der Waals surface area (Å²) in [6, 6.07) is 11.6. The van der Waals surface area contributed by atoms with Gasteiger partial charge in [0.2, 0.25) is 0 Å². The van der Waals surface area contributed by atoms with Crippen molar-refractivity contribution < 1.29 is 13.9 Å². The quantitative estimate of drug-likeness (QED) is 0.458. The van der Waals surface area contributed by atoms with Gasteiger partial charge in [-0.05, 0) is 52.2 Å². The van der Waals surface area contributed by atoms with Gasteiger partial charge < -0.3 is 9.15 Å². The van der Waals surface area contributed by atoms with Crippen LogP contribution in [0.25, 0.3) is 16.8 Å². The molecule has 0 spiro atoms. The topological polar surface area (TPSA) is 65.2 Å². The Morgan fingerprint density at radius 3 is 2.88 bits per heavy atom. The summed E-state index contributed by atoms with van der Waals surface area (Å²) in [6.07, 6.45) is 3.11. The van der Waals surface area contributed by atoms with Crippen LogP contribution in [0.15, 0.2) is 50.7 Å². The van der Waals surface area contributed by atoms with Crippen LogP contribution in [0.1, 0.15) is 17.0 Å². The number of hydrogen-bond donors (Lipinski definition) is 0. The first kappa shape index (κ1) is 16.6. The average molecular weight is 405 g/mol. The van der Waals surface area contributed by atoms with Crippen LogP contribution in [0.3, 0.4) is 0 Å². The van der Waals surface area contributed by atoms with E-state index in [-0.39, 0.29) is 12.5 Å². The monoisotopic (exact) mass is 404 g/mol. The third-order valence-corrected chi connectivity index (χ3v) is 4.79. The Hall–Kier alpha value is -2.25. The van der Waals surface area contributed by atoms with Crippen LogP contribution in [0.5, 0.6) is 0 Å². The molecule has 7 heteroatoms. The second-order valence-corrected chi connectivity index (χ2v) is 7.37. The molecule has 0 aliphatic heterocycles. The van der Waals surface area contributed by atoms with Crippen molar-refractivity contribution >= 4 is 39.3 Å². The van der Waals surface area contributed by atoms with Crippen LogP contribution in [0.2, 0.25) is 0 Å². The van der Waals surface area contributed by atoms with Crippen LogP contribution in [-0.4, -0.2) is 16.2 Å². The van der Waals surface area contributed by atoms with E-state index in [1.165, 1.54) is 17.4 Å². The normalized spacial score (nSPS) is 11.1. The zero-order chi connectivity index (χ0) is 16.9. The lowest BCUT2D eigenvalue weighted by atomic mass is 10.1. The summed E-state index contributed by atoms with van der Waals surface area (Å²) >= 11 is 4.87. The number of carbonyl (C=O) groups is 1. The fraction of sp³-hybridized carbons (Fsp3) is 0.118. The zero-order valence-electron chi connectivity index (χ0n) is 12.7. The van der Waals surface area contributed by atoms with Gasteiger partial charge in [0.15, 0.2) is 6.61 Å². The summed E-state index contributed by atoms with van der Waals surface area (Å²) in [4.78, 5) is 12.6. The van der Waals surface area contributed by atoms with E-state index in [1.807, 2.05) is 43.3 Å². The molecule has 0 radical (unpaired) electrons. The van der Waals surface area contributed by atoms with Crippen molar-refractivity contribution in [3.05, 3.63) is 63.3 Å². The lowest BCUT2D eigenvalue weighted by Gasteiger charge is -1.99. The molecule has 1 aromatic carbocycles. The summed E-state index contributed by atoms with van der Waals surface area (Å²) in [5.74, 6) is 0.205. The number of rotatable bonds is 5. The number of carbonyl (C=O) groups excluding carboxylic acids is 1. The third-order valence-electron chi connectivity index (χ3n) is 3.18. The Bertz CT molecular complexity index is 885. The third kappa shape index (κ3) is 4.18. The molecule has 0 N–H and O–H groups in total. The molecule has 5 nitrogen and oxygen atoms in total. The second-order valence-electron chi connectivity index (χ2n) is 4.90.